The highest BCUT2D eigenvalue weighted by molar-refractivity contribution is 7.86. The molecule has 0 heterocycles. The Morgan fingerprint density at radius 3 is 1.48 bits per heavy atom. The van der Waals surface area contributed by atoms with Crippen LogP contribution in [0.4, 0.5) is 0 Å². The van der Waals surface area contributed by atoms with Gasteiger partial charge in [0.1, 0.15) is 0 Å². The lowest BCUT2D eigenvalue weighted by Crippen LogP contribution is -2.15. The van der Waals surface area contributed by atoms with Crippen LogP contribution in [0.25, 0.3) is 0 Å². The summed E-state index contributed by atoms with van der Waals surface area (Å²) in [6, 6.07) is 6.51. The van der Waals surface area contributed by atoms with Gasteiger partial charge in [0.2, 0.25) is 0 Å². The summed E-state index contributed by atoms with van der Waals surface area (Å²) in [5.41, 5.74) is 0.986. The molecule has 0 aromatic heterocycles. The van der Waals surface area contributed by atoms with Gasteiger partial charge >= 0.3 is 0 Å². The molecular weight excluding hydrogens is 448 g/mol. The zero-order valence-electron chi connectivity index (χ0n) is 20.3. The van der Waals surface area contributed by atoms with Crippen LogP contribution in [-0.2, 0) is 38.0 Å². The SMILES string of the molecule is CCCCCCCOCCOCCOCCOCCOCCOS(=O)(=O)c1ccc(C)cc1. The maximum atomic E-state index is 12.0. The number of hydrogen-bond acceptors (Lipinski definition) is 8. The van der Waals surface area contributed by atoms with Crippen molar-refractivity contribution in [3.63, 3.8) is 0 Å². The lowest BCUT2D eigenvalue weighted by Gasteiger charge is -2.08. The molecule has 1 aromatic rings. The molecule has 0 aliphatic carbocycles. The summed E-state index contributed by atoms with van der Waals surface area (Å²) in [4.78, 5) is 0.142. The summed E-state index contributed by atoms with van der Waals surface area (Å²) in [7, 11) is -3.75. The number of unbranched alkanes of at least 4 members (excludes halogenated alkanes) is 4. The Morgan fingerprint density at radius 2 is 1.00 bits per heavy atom. The van der Waals surface area contributed by atoms with Crippen molar-refractivity contribution >= 4 is 10.1 Å². The summed E-state index contributed by atoms with van der Waals surface area (Å²) < 4.78 is 56.1. The van der Waals surface area contributed by atoms with Gasteiger partial charge in [-0.2, -0.15) is 8.42 Å². The predicted octanol–water partition coefficient (Wildman–Crippen LogP) is 3.75. The van der Waals surface area contributed by atoms with Gasteiger partial charge in [0, 0.05) is 6.61 Å². The maximum absolute atomic E-state index is 12.0. The smallest absolute Gasteiger partial charge is 0.297 e. The molecule has 0 spiro atoms. The van der Waals surface area contributed by atoms with E-state index in [2.05, 4.69) is 6.92 Å². The molecule has 0 amide bonds. The van der Waals surface area contributed by atoms with Gasteiger partial charge in [-0.15, -0.1) is 0 Å². The molecule has 0 saturated heterocycles. The quantitative estimate of drug-likeness (QED) is 0.169. The predicted molar refractivity (Wildman–Crippen MR) is 127 cm³/mol. The molecule has 192 valence electrons. The Bertz CT molecular complexity index is 664. The second kappa shape index (κ2) is 20.3. The molecule has 0 N–H and O–H groups in total. The second-order valence-electron chi connectivity index (χ2n) is 7.57. The van der Waals surface area contributed by atoms with Crippen LogP contribution in [0.1, 0.15) is 44.6 Å². The minimum Gasteiger partial charge on any atom is -0.379 e. The van der Waals surface area contributed by atoms with Gasteiger partial charge in [-0.05, 0) is 25.5 Å². The largest absolute Gasteiger partial charge is 0.379 e. The second-order valence-corrected chi connectivity index (χ2v) is 9.18. The van der Waals surface area contributed by atoms with Crippen molar-refractivity contribution in [1.29, 1.82) is 0 Å². The van der Waals surface area contributed by atoms with Crippen LogP contribution in [0.15, 0.2) is 29.2 Å². The van der Waals surface area contributed by atoms with E-state index in [0.29, 0.717) is 52.9 Å². The number of hydrogen-bond donors (Lipinski definition) is 0. The summed E-state index contributed by atoms with van der Waals surface area (Å²) >= 11 is 0. The zero-order chi connectivity index (χ0) is 24.0. The normalized spacial score (nSPS) is 11.8. The molecule has 9 heteroatoms. The van der Waals surface area contributed by atoms with Gasteiger partial charge in [0.15, 0.2) is 0 Å². The highest BCUT2D eigenvalue weighted by Crippen LogP contribution is 2.12. The van der Waals surface area contributed by atoms with Gasteiger partial charge < -0.3 is 23.7 Å². The zero-order valence-corrected chi connectivity index (χ0v) is 21.1. The Kier molecular flexibility index (Phi) is 18.4. The fourth-order valence-electron chi connectivity index (χ4n) is 2.77. The molecule has 1 aromatic carbocycles. The molecule has 0 radical (unpaired) electrons. The third kappa shape index (κ3) is 17.1. The Hall–Kier alpha value is -1.07. The number of aryl methyl sites for hydroxylation is 1. The van der Waals surface area contributed by atoms with Gasteiger partial charge in [0.05, 0.1) is 71.0 Å². The fourth-order valence-corrected chi connectivity index (χ4v) is 3.66. The minimum absolute atomic E-state index is 0.0384. The van der Waals surface area contributed by atoms with E-state index in [1.807, 2.05) is 6.92 Å². The van der Waals surface area contributed by atoms with Crippen LogP contribution < -0.4 is 0 Å². The molecule has 0 atom stereocenters. The molecule has 0 aliphatic rings. The van der Waals surface area contributed by atoms with Crippen molar-refractivity contribution in [2.45, 2.75) is 50.8 Å². The molecule has 1 rings (SSSR count). The molecular formula is C24H42O8S. The van der Waals surface area contributed by atoms with E-state index >= 15 is 0 Å². The van der Waals surface area contributed by atoms with E-state index < -0.39 is 10.1 Å². The molecule has 0 saturated carbocycles. The number of rotatable bonds is 23. The number of benzene rings is 1. The Balaban J connectivity index is 1.79. The molecule has 8 nitrogen and oxygen atoms in total. The lowest BCUT2D eigenvalue weighted by atomic mass is 10.2. The van der Waals surface area contributed by atoms with Crippen molar-refractivity contribution in [2.24, 2.45) is 0 Å². The fraction of sp³-hybridized carbons (Fsp3) is 0.750. The van der Waals surface area contributed by atoms with Crippen molar-refractivity contribution in [2.75, 3.05) is 72.7 Å². The first kappa shape index (κ1) is 30.0. The van der Waals surface area contributed by atoms with E-state index in [1.165, 1.54) is 37.8 Å². The van der Waals surface area contributed by atoms with Crippen LogP contribution in [0.5, 0.6) is 0 Å². The van der Waals surface area contributed by atoms with Gasteiger partial charge in [0.25, 0.3) is 10.1 Å². The summed E-state index contributed by atoms with van der Waals surface area (Å²) in [5, 5.41) is 0. The molecule has 33 heavy (non-hydrogen) atoms. The highest BCUT2D eigenvalue weighted by atomic mass is 32.2. The van der Waals surface area contributed by atoms with E-state index in [0.717, 1.165) is 18.6 Å². The minimum atomic E-state index is -3.75. The first-order chi connectivity index (χ1) is 16.1. The molecule has 0 aliphatic heterocycles. The van der Waals surface area contributed by atoms with E-state index in [1.54, 1.807) is 12.1 Å². The Morgan fingerprint density at radius 1 is 0.576 bits per heavy atom. The maximum Gasteiger partial charge on any atom is 0.297 e. The molecule has 0 unspecified atom stereocenters. The number of ether oxygens (including phenoxy) is 5. The third-order valence-electron chi connectivity index (χ3n) is 4.66. The van der Waals surface area contributed by atoms with Crippen molar-refractivity contribution in [3.05, 3.63) is 29.8 Å². The van der Waals surface area contributed by atoms with Crippen LogP contribution in [0.2, 0.25) is 0 Å². The lowest BCUT2D eigenvalue weighted by molar-refractivity contribution is -0.0127. The third-order valence-corrected chi connectivity index (χ3v) is 5.98. The Labute approximate surface area is 200 Å². The molecule has 0 fully saturated rings. The summed E-state index contributed by atoms with van der Waals surface area (Å²) in [6.45, 7) is 9.02. The van der Waals surface area contributed by atoms with Gasteiger partial charge in [-0.25, -0.2) is 0 Å². The van der Waals surface area contributed by atoms with Crippen LogP contribution in [-0.4, -0.2) is 81.1 Å². The standard InChI is InChI=1S/C24H42O8S/c1-3-4-5-6-7-12-27-13-14-28-15-16-29-17-18-30-19-20-31-21-22-32-33(25,26)24-10-8-23(2)9-11-24/h8-11H,3-7,12-22H2,1-2H3. The van der Waals surface area contributed by atoms with E-state index in [9.17, 15) is 8.42 Å². The van der Waals surface area contributed by atoms with Gasteiger partial charge in [-0.1, -0.05) is 50.3 Å². The van der Waals surface area contributed by atoms with E-state index in [4.69, 9.17) is 27.9 Å². The first-order valence-electron chi connectivity index (χ1n) is 11.9. The van der Waals surface area contributed by atoms with Crippen molar-refractivity contribution < 1.29 is 36.3 Å². The molecule has 0 bridgehead atoms. The van der Waals surface area contributed by atoms with Crippen LogP contribution >= 0.6 is 0 Å². The van der Waals surface area contributed by atoms with Crippen LogP contribution in [0.3, 0.4) is 0 Å². The summed E-state index contributed by atoms with van der Waals surface area (Å²) in [5.74, 6) is 0. The van der Waals surface area contributed by atoms with E-state index in [-0.39, 0.29) is 18.1 Å². The first-order valence-corrected chi connectivity index (χ1v) is 13.3. The van der Waals surface area contributed by atoms with Crippen molar-refractivity contribution in [3.8, 4) is 0 Å². The van der Waals surface area contributed by atoms with Crippen molar-refractivity contribution in [1.82, 2.24) is 0 Å². The topological polar surface area (TPSA) is 89.5 Å². The van der Waals surface area contributed by atoms with Gasteiger partial charge in [-0.3, -0.25) is 4.18 Å². The average Bonchev–Trinajstić information content (AvgIpc) is 2.80. The average molecular weight is 491 g/mol. The van der Waals surface area contributed by atoms with Crippen LogP contribution in [0, 0.1) is 6.92 Å². The highest BCUT2D eigenvalue weighted by Gasteiger charge is 2.14. The monoisotopic (exact) mass is 490 g/mol. The summed E-state index contributed by atoms with van der Waals surface area (Å²) in [6.07, 6.45) is 6.22.